The van der Waals surface area contributed by atoms with Crippen LogP contribution < -0.4 is 26.6 Å². The van der Waals surface area contributed by atoms with Crippen molar-refractivity contribution in [3.05, 3.63) is 0 Å². The maximum absolute atomic E-state index is 12.0. The molecule has 0 heterocycles. The van der Waals surface area contributed by atoms with Gasteiger partial charge in [0, 0.05) is 50.9 Å². The Kier molecular flexibility index (Phi) is 26.4. The molecule has 0 aromatic heterocycles. The van der Waals surface area contributed by atoms with E-state index in [1.54, 1.807) is 0 Å². The van der Waals surface area contributed by atoms with Crippen LogP contribution in [0.1, 0.15) is 59.3 Å². The van der Waals surface area contributed by atoms with Gasteiger partial charge in [-0.05, 0) is 39.8 Å². The van der Waals surface area contributed by atoms with Gasteiger partial charge in [-0.25, -0.2) is 0 Å². The summed E-state index contributed by atoms with van der Waals surface area (Å²) in [6.07, 6.45) is 2.91. The van der Waals surface area contributed by atoms with Crippen molar-refractivity contribution >= 4 is 29.4 Å². The molecule has 0 radical (unpaired) electrons. The number of rotatable bonds is 29. The maximum atomic E-state index is 12.0. The molecule has 5 N–H and O–H groups in total. The van der Waals surface area contributed by atoms with Crippen molar-refractivity contribution in [1.82, 2.24) is 26.6 Å². The van der Waals surface area contributed by atoms with E-state index in [2.05, 4.69) is 26.6 Å². The minimum absolute atomic E-state index is 0.0109. The molecule has 1 atom stereocenters. The van der Waals surface area contributed by atoms with Crippen molar-refractivity contribution in [2.45, 2.75) is 65.3 Å². The molecule has 250 valence electrons. The van der Waals surface area contributed by atoms with Crippen molar-refractivity contribution in [2.24, 2.45) is 5.92 Å². The first-order valence-corrected chi connectivity index (χ1v) is 15.2. The summed E-state index contributed by atoms with van der Waals surface area (Å²) in [4.78, 5) is 58.8. The van der Waals surface area contributed by atoms with Crippen LogP contribution in [0.4, 0.5) is 0 Å². The average Bonchev–Trinajstić information content (AvgIpc) is 2.96. The largest absolute Gasteiger partial charge is 0.377 e. The van der Waals surface area contributed by atoms with Crippen LogP contribution in [0.15, 0.2) is 0 Å². The molecule has 1 unspecified atom stereocenters. The van der Waals surface area contributed by atoms with Gasteiger partial charge in [0.25, 0.3) is 0 Å². The van der Waals surface area contributed by atoms with Gasteiger partial charge in [0.1, 0.15) is 13.2 Å². The Hall–Kier alpha value is -2.65. The highest BCUT2D eigenvalue weighted by molar-refractivity contribution is 5.81. The molecule has 0 aliphatic heterocycles. The second kappa shape index (κ2) is 28.1. The van der Waals surface area contributed by atoms with Crippen LogP contribution in [0.5, 0.6) is 0 Å². The van der Waals surface area contributed by atoms with Crippen molar-refractivity contribution in [2.75, 3.05) is 86.1 Å². The van der Waals surface area contributed by atoms with Gasteiger partial charge in [-0.2, -0.15) is 0 Å². The minimum Gasteiger partial charge on any atom is -0.377 e. The van der Waals surface area contributed by atoms with Crippen LogP contribution in [0.25, 0.3) is 0 Å². The summed E-state index contributed by atoms with van der Waals surface area (Å²) in [6, 6.07) is -0.0744. The molecule has 0 aliphatic carbocycles. The number of ketones is 1. The third kappa shape index (κ3) is 27.9. The standard InChI is InChI=1S/C29H55N5O9/c1-23(2)25(35)21-42-19-17-41-16-14-33-29(39)22-43-20-18-40-15-13-32-26(36)7-6-12-31-27(37)10-9-24(3)34-28(38)8-5-11-30-4/h23-24,30H,5-22H2,1-4H3,(H,31,37)(H,32,36)(H,33,39)(H,34,38). The van der Waals surface area contributed by atoms with Gasteiger partial charge in [0.05, 0.1) is 39.6 Å². The molecule has 0 rings (SSSR count). The van der Waals surface area contributed by atoms with Gasteiger partial charge in [0.2, 0.25) is 23.6 Å². The predicted octanol–water partition coefficient (Wildman–Crippen LogP) is -0.309. The lowest BCUT2D eigenvalue weighted by Crippen LogP contribution is -2.34. The fourth-order valence-corrected chi connectivity index (χ4v) is 3.37. The number of hydrogen-bond acceptors (Lipinski definition) is 10. The van der Waals surface area contributed by atoms with Crippen LogP contribution in [0, 0.1) is 5.92 Å². The Morgan fingerprint density at radius 2 is 1.07 bits per heavy atom. The molecule has 14 nitrogen and oxygen atoms in total. The van der Waals surface area contributed by atoms with Gasteiger partial charge in [-0.1, -0.05) is 13.8 Å². The Bertz CT molecular complexity index is 783. The van der Waals surface area contributed by atoms with Crippen LogP contribution in [-0.4, -0.2) is 122 Å². The molecule has 0 spiro atoms. The molecule has 0 aromatic carbocycles. The highest BCUT2D eigenvalue weighted by Crippen LogP contribution is 1.99. The quantitative estimate of drug-likeness (QED) is 0.0699. The van der Waals surface area contributed by atoms with E-state index in [-0.39, 0.29) is 74.2 Å². The zero-order valence-electron chi connectivity index (χ0n) is 26.6. The maximum Gasteiger partial charge on any atom is 0.246 e. The van der Waals surface area contributed by atoms with E-state index in [1.807, 2.05) is 27.8 Å². The average molecular weight is 618 g/mol. The molecular formula is C29H55N5O9. The van der Waals surface area contributed by atoms with Gasteiger partial charge < -0.3 is 45.5 Å². The molecule has 0 fully saturated rings. The van der Waals surface area contributed by atoms with Gasteiger partial charge >= 0.3 is 0 Å². The summed E-state index contributed by atoms with van der Waals surface area (Å²) in [7, 11) is 1.84. The van der Waals surface area contributed by atoms with Crippen LogP contribution in [-0.2, 0) is 42.9 Å². The highest BCUT2D eigenvalue weighted by Gasteiger charge is 2.10. The zero-order valence-corrected chi connectivity index (χ0v) is 26.6. The van der Waals surface area contributed by atoms with Crippen LogP contribution in [0.2, 0.25) is 0 Å². The number of carbonyl (C=O) groups is 5. The topological polar surface area (TPSA) is 182 Å². The fourth-order valence-electron chi connectivity index (χ4n) is 3.37. The van der Waals surface area contributed by atoms with E-state index in [4.69, 9.17) is 18.9 Å². The SMILES string of the molecule is CNCCCC(=O)NC(C)CCC(=O)NCCCC(=O)NCCOCCOCC(=O)NCCOCCOCC(=O)C(C)C. The molecule has 43 heavy (non-hydrogen) atoms. The molecule has 0 saturated heterocycles. The summed E-state index contributed by atoms with van der Waals surface area (Å²) in [6.45, 7) is 9.24. The third-order valence-electron chi connectivity index (χ3n) is 5.95. The molecule has 0 aliphatic rings. The fraction of sp³-hybridized carbons (Fsp3) is 0.828. The highest BCUT2D eigenvalue weighted by atomic mass is 16.5. The first-order valence-electron chi connectivity index (χ1n) is 15.2. The zero-order chi connectivity index (χ0) is 32.1. The number of Topliss-reactive ketones (excluding diaryl/α,β-unsaturated/α-hetero) is 1. The summed E-state index contributed by atoms with van der Waals surface area (Å²) in [5, 5.41) is 14.1. The molecule has 0 bridgehead atoms. The van der Waals surface area contributed by atoms with E-state index < -0.39 is 0 Å². The number of nitrogens with one attached hydrogen (secondary N) is 5. The number of hydrogen-bond donors (Lipinski definition) is 5. The van der Waals surface area contributed by atoms with E-state index in [1.165, 1.54) is 0 Å². The van der Waals surface area contributed by atoms with Crippen molar-refractivity contribution in [1.29, 1.82) is 0 Å². The monoisotopic (exact) mass is 617 g/mol. The first kappa shape index (κ1) is 40.4. The van der Waals surface area contributed by atoms with E-state index in [0.717, 1.165) is 13.0 Å². The predicted molar refractivity (Wildman–Crippen MR) is 161 cm³/mol. The molecular weight excluding hydrogens is 562 g/mol. The molecule has 0 saturated carbocycles. The molecule has 14 heteroatoms. The molecule has 0 aromatic rings. The van der Waals surface area contributed by atoms with Crippen LogP contribution in [0.3, 0.4) is 0 Å². The lowest BCUT2D eigenvalue weighted by atomic mass is 10.1. The first-order chi connectivity index (χ1) is 20.6. The number of carbonyl (C=O) groups excluding carboxylic acids is 5. The lowest BCUT2D eigenvalue weighted by Gasteiger charge is -2.14. The summed E-state index contributed by atoms with van der Waals surface area (Å²) < 4.78 is 21.2. The van der Waals surface area contributed by atoms with E-state index in [0.29, 0.717) is 71.7 Å². The van der Waals surface area contributed by atoms with E-state index in [9.17, 15) is 24.0 Å². The Morgan fingerprint density at radius 1 is 0.558 bits per heavy atom. The second-order valence-electron chi connectivity index (χ2n) is 10.3. The van der Waals surface area contributed by atoms with Gasteiger partial charge in [-0.15, -0.1) is 0 Å². The smallest absolute Gasteiger partial charge is 0.246 e. The molecule has 4 amide bonds. The second-order valence-corrected chi connectivity index (χ2v) is 10.3. The van der Waals surface area contributed by atoms with Crippen molar-refractivity contribution in [3.8, 4) is 0 Å². The third-order valence-corrected chi connectivity index (χ3v) is 5.95. The number of amides is 4. The lowest BCUT2D eigenvalue weighted by molar-refractivity contribution is -0.128. The normalized spacial score (nSPS) is 11.7. The van der Waals surface area contributed by atoms with E-state index >= 15 is 0 Å². The van der Waals surface area contributed by atoms with Gasteiger partial charge in [-0.3, -0.25) is 24.0 Å². The van der Waals surface area contributed by atoms with Gasteiger partial charge in [0.15, 0.2) is 5.78 Å². The summed E-state index contributed by atoms with van der Waals surface area (Å²) >= 11 is 0. The summed E-state index contributed by atoms with van der Waals surface area (Å²) in [5.41, 5.74) is 0. The Balaban J connectivity index is 3.51. The Labute approximate surface area is 256 Å². The minimum atomic E-state index is -0.264. The Morgan fingerprint density at radius 3 is 1.70 bits per heavy atom. The summed E-state index contributed by atoms with van der Waals surface area (Å²) in [5.74, 6) is -0.501. The van der Waals surface area contributed by atoms with Crippen molar-refractivity contribution < 1.29 is 42.9 Å². The van der Waals surface area contributed by atoms with Crippen LogP contribution >= 0.6 is 0 Å². The van der Waals surface area contributed by atoms with Crippen molar-refractivity contribution in [3.63, 3.8) is 0 Å². The number of ether oxygens (including phenoxy) is 4.